The van der Waals surface area contributed by atoms with Crippen LogP contribution in [0.3, 0.4) is 0 Å². The molecule has 1 unspecified atom stereocenters. The first-order chi connectivity index (χ1) is 17.8. The van der Waals surface area contributed by atoms with E-state index in [1.807, 2.05) is 43.6 Å². The summed E-state index contributed by atoms with van der Waals surface area (Å²) >= 11 is 0. The summed E-state index contributed by atoms with van der Waals surface area (Å²) in [6.45, 7) is 15.3. The highest BCUT2D eigenvalue weighted by Gasteiger charge is 2.48. The third kappa shape index (κ3) is 6.08. The van der Waals surface area contributed by atoms with Gasteiger partial charge in [-0.2, -0.15) is 0 Å². The summed E-state index contributed by atoms with van der Waals surface area (Å²) in [7, 11) is 1.54. The molecule has 1 N–H and O–H groups in total. The number of hydrogen-bond donors (Lipinski definition) is 1. The third-order valence-corrected chi connectivity index (χ3v) is 6.48. The van der Waals surface area contributed by atoms with Crippen LogP contribution in [0.2, 0.25) is 0 Å². The minimum absolute atomic E-state index is 0.0664. The zero-order valence-corrected chi connectivity index (χ0v) is 23.8. The Morgan fingerprint density at radius 1 is 1.22 bits per heavy atom. The first-order valence-electron chi connectivity index (χ1n) is 13.7. The van der Waals surface area contributed by atoms with Gasteiger partial charge in [-0.25, -0.2) is 4.39 Å². The largest absolute Gasteiger partial charge is 0.494 e. The number of likely N-dealkylation sites (N-methyl/N-ethyl adjacent to an activating group) is 1. The maximum Gasteiger partial charge on any atom is 0.274 e. The molecule has 4 rings (SSSR count). The molecular weight excluding hydrogens is 469 g/mol. The van der Waals surface area contributed by atoms with Crippen LogP contribution in [0.15, 0.2) is 52.6 Å². The zero-order valence-electron chi connectivity index (χ0n) is 23.8. The van der Waals surface area contributed by atoms with Crippen molar-refractivity contribution in [2.24, 2.45) is 0 Å². The Morgan fingerprint density at radius 2 is 1.89 bits per heavy atom. The molecule has 7 heteroatoms. The molecule has 6 nitrogen and oxygen atoms in total. The molecule has 0 radical (unpaired) electrons. The van der Waals surface area contributed by atoms with E-state index in [-0.39, 0.29) is 30.2 Å². The second-order valence-corrected chi connectivity index (χ2v) is 9.07. The van der Waals surface area contributed by atoms with E-state index in [0.29, 0.717) is 59.7 Å². The number of nitrogens with one attached hydrogen (secondary N) is 1. The molecule has 1 aromatic carbocycles. The van der Waals surface area contributed by atoms with E-state index in [1.165, 1.54) is 13.5 Å². The topological polar surface area (TPSA) is 61.9 Å². The van der Waals surface area contributed by atoms with E-state index in [4.69, 9.17) is 4.74 Å². The summed E-state index contributed by atoms with van der Waals surface area (Å²) in [5, 5.41) is 2.90. The summed E-state index contributed by atoms with van der Waals surface area (Å²) < 4.78 is 20.2. The number of ether oxygens (including phenoxy) is 1. The van der Waals surface area contributed by atoms with Gasteiger partial charge in [-0.05, 0) is 38.7 Å². The van der Waals surface area contributed by atoms with Gasteiger partial charge in [0, 0.05) is 36.5 Å². The van der Waals surface area contributed by atoms with Gasteiger partial charge in [0.1, 0.15) is 5.82 Å². The second-order valence-electron chi connectivity index (χ2n) is 9.07. The Labute approximate surface area is 222 Å². The van der Waals surface area contributed by atoms with Crippen LogP contribution in [0.1, 0.15) is 78.4 Å². The second kappa shape index (κ2) is 14.0. The number of benzene rings is 1. The smallest absolute Gasteiger partial charge is 0.274 e. The van der Waals surface area contributed by atoms with Gasteiger partial charge in [-0.3, -0.25) is 9.59 Å². The van der Waals surface area contributed by atoms with Crippen LogP contribution in [0.5, 0.6) is 0 Å². The predicted molar refractivity (Wildman–Crippen MR) is 147 cm³/mol. The first kappa shape index (κ1) is 30.1. The van der Waals surface area contributed by atoms with Crippen LogP contribution < -0.4 is 5.32 Å². The molecule has 2 fully saturated rings. The monoisotopic (exact) mass is 513 g/mol. The number of nitrogens with zero attached hydrogens (tertiary/aromatic N) is 2. The highest BCUT2D eigenvalue weighted by Crippen LogP contribution is 2.46. The number of aryl methyl sites for hydroxylation is 1. The molecule has 204 valence electrons. The average Bonchev–Trinajstić information content (AvgIpc) is 3.32. The van der Waals surface area contributed by atoms with Gasteiger partial charge in [0.15, 0.2) is 11.5 Å². The Morgan fingerprint density at radius 3 is 2.49 bits per heavy atom. The van der Waals surface area contributed by atoms with E-state index in [1.54, 1.807) is 25.1 Å². The molecule has 0 aliphatic carbocycles. The van der Waals surface area contributed by atoms with Crippen LogP contribution in [0.4, 0.5) is 4.39 Å². The number of amides is 2. The molecule has 3 heterocycles. The number of halogens is 1. The van der Waals surface area contributed by atoms with E-state index < -0.39 is 0 Å². The van der Waals surface area contributed by atoms with Crippen LogP contribution >= 0.6 is 0 Å². The number of carbonyl (C=O) groups excluding carboxylic acids is 2. The molecule has 37 heavy (non-hydrogen) atoms. The quantitative estimate of drug-likeness (QED) is 0.508. The number of carbonyl (C=O) groups is 2. The maximum atomic E-state index is 14.4. The molecule has 0 saturated carbocycles. The predicted octanol–water partition coefficient (Wildman–Crippen LogP) is 5.98. The van der Waals surface area contributed by atoms with E-state index in [0.717, 1.165) is 12.1 Å². The SMILES string of the molecule is CC.CC/C=C1/C(OC)=C2C(=O)N(CC)CC3CCC(=C1C(=O)NCc1cccc(C)c1F)N23.CCC. The van der Waals surface area contributed by atoms with E-state index in [2.05, 4.69) is 19.2 Å². The molecule has 3 aliphatic rings. The molecule has 0 bridgehead atoms. The van der Waals surface area contributed by atoms with Gasteiger partial charge in [0.05, 0.1) is 18.7 Å². The zero-order chi connectivity index (χ0) is 27.7. The summed E-state index contributed by atoms with van der Waals surface area (Å²) in [5.41, 5.74) is 3.55. The number of rotatable bonds is 6. The number of methoxy groups -OCH3 is 1. The lowest BCUT2D eigenvalue weighted by molar-refractivity contribution is -0.132. The van der Waals surface area contributed by atoms with Crippen molar-refractivity contribution in [3.63, 3.8) is 0 Å². The number of hydrogen-bond acceptors (Lipinski definition) is 4. The minimum atomic E-state index is -0.305. The summed E-state index contributed by atoms with van der Waals surface area (Å²) in [6, 6.07) is 5.29. The molecule has 2 saturated heterocycles. The van der Waals surface area contributed by atoms with Crippen LogP contribution in [-0.4, -0.2) is 47.9 Å². The molecule has 2 amide bonds. The van der Waals surface area contributed by atoms with Crippen LogP contribution in [0.25, 0.3) is 0 Å². The Hall–Kier alpha value is -3.09. The van der Waals surface area contributed by atoms with Crippen molar-refractivity contribution in [3.8, 4) is 0 Å². The lowest BCUT2D eigenvalue weighted by atomic mass is 9.92. The third-order valence-electron chi connectivity index (χ3n) is 6.48. The van der Waals surface area contributed by atoms with E-state index in [9.17, 15) is 14.0 Å². The molecular formula is C30H44FN3O3. The van der Waals surface area contributed by atoms with Crippen molar-refractivity contribution < 1.29 is 18.7 Å². The van der Waals surface area contributed by atoms with Crippen molar-refractivity contribution in [3.05, 3.63) is 69.5 Å². The summed E-state index contributed by atoms with van der Waals surface area (Å²) in [6.07, 6.45) is 5.44. The molecule has 1 atom stereocenters. The van der Waals surface area contributed by atoms with Gasteiger partial charge >= 0.3 is 0 Å². The van der Waals surface area contributed by atoms with Gasteiger partial charge in [0.2, 0.25) is 0 Å². The Balaban J connectivity index is 0.000000898. The average molecular weight is 514 g/mol. The lowest BCUT2D eigenvalue weighted by Gasteiger charge is -2.43. The van der Waals surface area contributed by atoms with Gasteiger partial charge in [-0.15, -0.1) is 0 Å². The molecule has 1 aromatic rings. The van der Waals surface area contributed by atoms with Crippen molar-refractivity contribution in [2.75, 3.05) is 20.2 Å². The highest BCUT2D eigenvalue weighted by molar-refractivity contribution is 6.04. The van der Waals surface area contributed by atoms with Gasteiger partial charge < -0.3 is 19.9 Å². The van der Waals surface area contributed by atoms with Gasteiger partial charge in [0.25, 0.3) is 11.8 Å². The first-order valence-corrected chi connectivity index (χ1v) is 13.7. The van der Waals surface area contributed by atoms with Crippen molar-refractivity contribution >= 4 is 11.8 Å². The molecule has 3 aliphatic heterocycles. The lowest BCUT2D eigenvalue weighted by Crippen LogP contribution is -2.53. The van der Waals surface area contributed by atoms with Crippen LogP contribution in [-0.2, 0) is 20.9 Å². The minimum Gasteiger partial charge on any atom is -0.494 e. The highest BCUT2D eigenvalue weighted by atomic mass is 19.1. The summed E-state index contributed by atoms with van der Waals surface area (Å²) in [5.74, 6) is -0.207. The number of allylic oxidation sites excluding steroid dienone is 3. The maximum absolute atomic E-state index is 14.4. The van der Waals surface area contributed by atoms with Crippen LogP contribution in [0, 0.1) is 12.7 Å². The normalized spacial score (nSPS) is 19.2. The molecule has 0 spiro atoms. The van der Waals surface area contributed by atoms with Gasteiger partial charge in [-0.1, -0.05) is 65.3 Å². The fourth-order valence-electron chi connectivity index (χ4n) is 4.94. The standard InChI is InChI=1S/C25H30FN3O3.C3H8.C2H6/c1-5-8-18-20(24(30)27-13-16-10-7-9-15(3)21(16)26)19-12-11-17-14-28(6-2)25(31)22(29(17)19)23(18)32-4;1-3-2;1-2/h7-10,17H,5-6,11-14H2,1-4H3,(H,27,30);3H2,1-2H3;1-2H3/b18-8+;;. The Bertz CT molecular complexity index is 1070. The fraction of sp³-hybridized carbons (Fsp3) is 0.533. The summed E-state index contributed by atoms with van der Waals surface area (Å²) in [4.78, 5) is 30.5. The molecule has 0 aromatic heterocycles. The van der Waals surface area contributed by atoms with Crippen molar-refractivity contribution in [2.45, 2.75) is 86.7 Å². The Kier molecular flexibility index (Phi) is 11.4. The fourth-order valence-corrected chi connectivity index (χ4v) is 4.94. The van der Waals surface area contributed by atoms with E-state index >= 15 is 0 Å². The van der Waals surface area contributed by atoms with Crippen molar-refractivity contribution in [1.82, 2.24) is 15.1 Å². The number of piperazine rings is 1. The van der Waals surface area contributed by atoms with Crippen molar-refractivity contribution in [1.29, 1.82) is 0 Å².